The summed E-state index contributed by atoms with van der Waals surface area (Å²) in [5, 5.41) is 3.65. The smallest absolute Gasteiger partial charge is 0.146 e. The molecule has 1 saturated carbocycles. The number of ether oxygens (including phenoxy) is 1. The highest BCUT2D eigenvalue weighted by Crippen LogP contribution is 2.32. The zero-order valence-electron chi connectivity index (χ0n) is 11.6. The number of morpholine rings is 1. The van der Waals surface area contributed by atoms with E-state index >= 15 is 0 Å². The third kappa shape index (κ3) is 2.98. The Labute approximate surface area is 124 Å². The minimum Gasteiger partial charge on any atom is -0.374 e. The third-order valence-electron chi connectivity index (χ3n) is 4.09. The molecule has 3 rings (SSSR count). The second-order valence-corrected chi connectivity index (χ2v) is 6.07. The van der Waals surface area contributed by atoms with E-state index < -0.39 is 0 Å². The summed E-state index contributed by atoms with van der Waals surface area (Å²) in [6.07, 6.45) is 2.43. The van der Waals surface area contributed by atoms with Gasteiger partial charge in [0.15, 0.2) is 0 Å². The van der Waals surface area contributed by atoms with Gasteiger partial charge in [-0.15, -0.1) is 0 Å². The maximum atomic E-state index is 14.3. The summed E-state index contributed by atoms with van der Waals surface area (Å²) in [6.45, 7) is 2.24. The summed E-state index contributed by atoms with van der Waals surface area (Å²) in [5.41, 5.74) is 0.627. The Hall–Kier alpha value is -0.680. The van der Waals surface area contributed by atoms with Crippen LogP contribution in [0.1, 0.15) is 24.4 Å². The van der Waals surface area contributed by atoms with Crippen molar-refractivity contribution in [3.05, 3.63) is 34.6 Å². The fourth-order valence-corrected chi connectivity index (χ4v) is 2.97. The molecule has 2 aliphatic rings. The molecule has 1 heterocycles. The molecule has 1 N–H and O–H groups in total. The number of rotatable bonds is 4. The molecule has 0 aromatic heterocycles. The van der Waals surface area contributed by atoms with E-state index in [0.717, 1.165) is 13.1 Å². The predicted octanol–water partition coefficient (Wildman–Crippen LogP) is 2.60. The molecule has 2 unspecified atom stereocenters. The molecule has 1 aromatic rings. The average molecular weight is 299 g/mol. The van der Waals surface area contributed by atoms with Gasteiger partial charge in [-0.25, -0.2) is 4.39 Å². The molecule has 1 saturated heterocycles. The van der Waals surface area contributed by atoms with Crippen LogP contribution in [0.5, 0.6) is 0 Å². The van der Waals surface area contributed by atoms with Crippen LogP contribution in [0.15, 0.2) is 18.2 Å². The van der Waals surface area contributed by atoms with Gasteiger partial charge in [0.1, 0.15) is 5.82 Å². The Bertz CT molecular complexity index is 481. The van der Waals surface area contributed by atoms with E-state index in [0.29, 0.717) is 18.2 Å². The van der Waals surface area contributed by atoms with E-state index in [1.165, 1.54) is 12.8 Å². The lowest BCUT2D eigenvalue weighted by molar-refractivity contribution is -0.0625. The topological polar surface area (TPSA) is 24.5 Å². The molecule has 1 aromatic carbocycles. The van der Waals surface area contributed by atoms with Gasteiger partial charge in [0.2, 0.25) is 0 Å². The quantitative estimate of drug-likeness (QED) is 0.925. The second kappa shape index (κ2) is 5.98. The number of hydrogen-bond acceptors (Lipinski definition) is 3. The molecule has 0 radical (unpaired) electrons. The minimum atomic E-state index is -0.326. The first kappa shape index (κ1) is 14.3. The summed E-state index contributed by atoms with van der Waals surface area (Å²) >= 11 is 5.92. The van der Waals surface area contributed by atoms with Crippen LogP contribution in [-0.4, -0.2) is 43.8 Å². The third-order valence-corrected chi connectivity index (χ3v) is 4.38. The Balaban J connectivity index is 1.82. The van der Waals surface area contributed by atoms with Crippen LogP contribution in [-0.2, 0) is 4.74 Å². The van der Waals surface area contributed by atoms with Gasteiger partial charge in [-0.1, -0.05) is 23.7 Å². The van der Waals surface area contributed by atoms with Crippen molar-refractivity contribution < 1.29 is 9.13 Å². The van der Waals surface area contributed by atoms with Crippen molar-refractivity contribution >= 4 is 11.6 Å². The van der Waals surface area contributed by atoms with Gasteiger partial charge in [-0.3, -0.25) is 4.90 Å². The molecule has 1 aliphatic heterocycles. The van der Waals surface area contributed by atoms with E-state index in [4.69, 9.17) is 16.3 Å². The summed E-state index contributed by atoms with van der Waals surface area (Å²) in [6, 6.07) is 5.72. The van der Waals surface area contributed by atoms with Crippen LogP contribution in [0.4, 0.5) is 4.39 Å². The Morgan fingerprint density at radius 1 is 1.45 bits per heavy atom. The van der Waals surface area contributed by atoms with Gasteiger partial charge in [0.05, 0.1) is 23.8 Å². The van der Waals surface area contributed by atoms with E-state index in [-0.39, 0.29) is 23.0 Å². The molecule has 3 nitrogen and oxygen atoms in total. The van der Waals surface area contributed by atoms with Crippen molar-refractivity contribution in [1.82, 2.24) is 10.2 Å². The fraction of sp³-hybridized carbons (Fsp3) is 0.600. The lowest BCUT2D eigenvalue weighted by Crippen LogP contribution is -2.48. The molecule has 5 heteroatoms. The van der Waals surface area contributed by atoms with Crippen molar-refractivity contribution in [2.24, 2.45) is 0 Å². The average Bonchev–Trinajstić information content (AvgIpc) is 3.24. The van der Waals surface area contributed by atoms with E-state index in [2.05, 4.69) is 10.2 Å². The lowest BCUT2D eigenvalue weighted by atomic mass is 9.97. The van der Waals surface area contributed by atoms with E-state index in [1.54, 1.807) is 18.2 Å². The number of benzene rings is 1. The summed E-state index contributed by atoms with van der Waals surface area (Å²) in [7, 11) is 2.01. The predicted molar refractivity (Wildman–Crippen MR) is 77.5 cm³/mol. The highest BCUT2D eigenvalue weighted by Gasteiger charge is 2.34. The zero-order valence-corrected chi connectivity index (χ0v) is 12.4. The molecule has 2 atom stereocenters. The normalized spacial score (nSPS) is 27.8. The first-order chi connectivity index (χ1) is 9.66. The van der Waals surface area contributed by atoms with Gasteiger partial charge < -0.3 is 10.1 Å². The fourth-order valence-electron chi connectivity index (χ4n) is 2.79. The molecule has 0 amide bonds. The molecule has 0 spiro atoms. The van der Waals surface area contributed by atoms with E-state index in [1.807, 2.05) is 7.05 Å². The van der Waals surface area contributed by atoms with Gasteiger partial charge in [0, 0.05) is 24.7 Å². The maximum Gasteiger partial charge on any atom is 0.146 e. The number of nitrogens with one attached hydrogen (secondary N) is 1. The Morgan fingerprint density at radius 2 is 2.25 bits per heavy atom. The van der Waals surface area contributed by atoms with Crippen LogP contribution < -0.4 is 5.32 Å². The SMILES string of the molecule is CN1CCOC(CNC2CC2)C1c1cccc(Cl)c1F. The molecule has 20 heavy (non-hydrogen) atoms. The summed E-state index contributed by atoms with van der Waals surface area (Å²) in [4.78, 5) is 2.15. The first-order valence-corrected chi connectivity index (χ1v) is 7.53. The number of likely N-dealkylation sites (N-methyl/N-ethyl adjacent to an activating group) is 1. The molecular weight excluding hydrogens is 279 g/mol. The van der Waals surface area contributed by atoms with Crippen LogP contribution in [0.25, 0.3) is 0 Å². The first-order valence-electron chi connectivity index (χ1n) is 7.16. The van der Waals surface area contributed by atoms with Crippen LogP contribution in [0, 0.1) is 5.82 Å². The summed E-state index contributed by atoms with van der Waals surface area (Å²) < 4.78 is 20.2. The zero-order chi connectivity index (χ0) is 14.1. The molecular formula is C15H20ClFN2O. The van der Waals surface area contributed by atoms with Crippen LogP contribution in [0.2, 0.25) is 5.02 Å². The Kier molecular flexibility index (Phi) is 4.26. The van der Waals surface area contributed by atoms with Crippen molar-refractivity contribution in [3.63, 3.8) is 0 Å². The Morgan fingerprint density at radius 3 is 3.00 bits per heavy atom. The highest BCUT2D eigenvalue weighted by molar-refractivity contribution is 6.30. The van der Waals surface area contributed by atoms with Gasteiger partial charge >= 0.3 is 0 Å². The van der Waals surface area contributed by atoms with Gasteiger partial charge in [-0.2, -0.15) is 0 Å². The highest BCUT2D eigenvalue weighted by atomic mass is 35.5. The standard InChI is InChI=1S/C15H20ClFN2O/c1-19-7-8-20-13(9-18-10-5-6-10)15(19)11-3-2-4-12(16)14(11)17/h2-4,10,13,15,18H,5-9H2,1H3. The van der Waals surface area contributed by atoms with Gasteiger partial charge in [0.25, 0.3) is 0 Å². The van der Waals surface area contributed by atoms with Crippen LogP contribution >= 0.6 is 11.6 Å². The number of halogens is 2. The van der Waals surface area contributed by atoms with Crippen molar-refractivity contribution in [1.29, 1.82) is 0 Å². The number of nitrogens with zero attached hydrogens (tertiary/aromatic N) is 1. The second-order valence-electron chi connectivity index (χ2n) is 5.66. The number of hydrogen-bond donors (Lipinski definition) is 1. The monoisotopic (exact) mass is 298 g/mol. The molecule has 2 fully saturated rings. The van der Waals surface area contributed by atoms with Crippen molar-refractivity contribution in [3.8, 4) is 0 Å². The summed E-state index contributed by atoms with van der Waals surface area (Å²) in [5.74, 6) is -0.326. The van der Waals surface area contributed by atoms with Gasteiger partial charge in [-0.05, 0) is 26.0 Å². The van der Waals surface area contributed by atoms with Crippen LogP contribution in [0.3, 0.4) is 0 Å². The molecule has 0 bridgehead atoms. The minimum absolute atomic E-state index is 0.0395. The molecule has 1 aliphatic carbocycles. The lowest BCUT2D eigenvalue weighted by Gasteiger charge is -2.39. The van der Waals surface area contributed by atoms with E-state index in [9.17, 15) is 4.39 Å². The molecule has 110 valence electrons. The van der Waals surface area contributed by atoms with Crippen molar-refractivity contribution in [2.45, 2.75) is 31.0 Å². The largest absolute Gasteiger partial charge is 0.374 e. The van der Waals surface area contributed by atoms with Crippen molar-refractivity contribution in [2.75, 3.05) is 26.7 Å². The maximum absolute atomic E-state index is 14.3.